The van der Waals surface area contributed by atoms with Gasteiger partial charge in [0.25, 0.3) is 7.82 Å². The number of ether oxygens (including phenoxy) is 2. The van der Waals surface area contributed by atoms with Crippen LogP contribution in [0.3, 0.4) is 0 Å². The van der Waals surface area contributed by atoms with Crippen molar-refractivity contribution in [2.45, 2.75) is 136 Å². The second-order valence-corrected chi connectivity index (χ2v) is 13.2. The van der Waals surface area contributed by atoms with Crippen LogP contribution in [0.1, 0.15) is 129 Å². The zero-order chi connectivity index (χ0) is 29.2. The number of phosphoric ester groups is 1. The first-order valence-electron chi connectivity index (χ1n) is 15.8. The van der Waals surface area contributed by atoms with E-state index >= 15 is 0 Å². The molecule has 8 nitrogen and oxygen atoms in total. The number of quaternary nitrogens is 1. The number of carbonyl (C=O) groups is 1. The predicted octanol–water partition coefficient (Wildman–Crippen LogP) is 7.18. The number of likely N-dealkylation sites (N-methyl/N-ethyl adjacent to an activating group) is 1. The molecule has 39 heavy (non-hydrogen) atoms. The van der Waals surface area contributed by atoms with E-state index < -0.39 is 13.9 Å². The molecule has 2 unspecified atom stereocenters. The Hall–Kier alpha value is -0.500. The Morgan fingerprint density at radius 2 is 1.18 bits per heavy atom. The largest absolute Gasteiger partial charge is 0.756 e. The van der Waals surface area contributed by atoms with Crippen molar-refractivity contribution in [1.29, 1.82) is 0 Å². The van der Waals surface area contributed by atoms with Gasteiger partial charge in [0.05, 0.1) is 34.4 Å². The van der Waals surface area contributed by atoms with E-state index in [1.54, 1.807) is 0 Å². The average molecular weight is 580 g/mol. The first-order chi connectivity index (χ1) is 18.6. The van der Waals surface area contributed by atoms with Crippen LogP contribution in [0.4, 0.5) is 0 Å². The number of rotatable bonds is 29. The van der Waals surface area contributed by atoms with Gasteiger partial charge in [-0.2, -0.15) is 0 Å². The van der Waals surface area contributed by atoms with Gasteiger partial charge >= 0.3 is 5.97 Å². The van der Waals surface area contributed by atoms with E-state index in [4.69, 9.17) is 18.5 Å². The summed E-state index contributed by atoms with van der Waals surface area (Å²) >= 11 is 0. The Balaban J connectivity index is 4.36. The Kier molecular flexibility index (Phi) is 24.9. The Labute approximate surface area is 240 Å². The molecule has 0 N–H and O–H groups in total. The van der Waals surface area contributed by atoms with Crippen LogP contribution < -0.4 is 4.89 Å². The number of carbonyl (C=O) groups excluding carboxylic acids is 1. The lowest BCUT2D eigenvalue weighted by molar-refractivity contribution is -0.870. The van der Waals surface area contributed by atoms with Crippen molar-refractivity contribution in [3.05, 3.63) is 0 Å². The maximum atomic E-state index is 12.4. The third kappa shape index (κ3) is 28.8. The molecule has 9 heteroatoms. The van der Waals surface area contributed by atoms with Crippen LogP contribution in [0.5, 0.6) is 0 Å². The van der Waals surface area contributed by atoms with Crippen LogP contribution in [0.15, 0.2) is 0 Å². The summed E-state index contributed by atoms with van der Waals surface area (Å²) < 4.78 is 34.1. The van der Waals surface area contributed by atoms with Crippen LogP contribution in [0, 0.1) is 0 Å². The zero-order valence-corrected chi connectivity index (χ0v) is 27.0. The molecule has 0 aliphatic rings. The lowest BCUT2D eigenvalue weighted by atomic mass is 10.1. The number of esters is 1. The van der Waals surface area contributed by atoms with Gasteiger partial charge < -0.3 is 27.9 Å². The van der Waals surface area contributed by atoms with Crippen molar-refractivity contribution in [2.75, 3.05) is 54.1 Å². The summed E-state index contributed by atoms with van der Waals surface area (Å²) in [4.78, 5) is 24.6. The maximum absolute atomic E-state index is 12.4. The molecule has 0 radical (unpaired) electrons. The minimum Gasteiger partial charge on any atom is -0.756 e. The molecule has 0 saturated carbocycles. The molecule has 0 amide bonds. The van der Waals surface area contributed by atoms with Crippen LogP contribution in [0.2, 0.25) is 0 Å². The van der Waals surface area contributed by atoms with Crippen LogP contribution in [0.25, 0.3) is 0 Å². The maximum Gasteiger partial charge on any atom is 0.306 e. The molecule has 0 saturated heterocycles. The summed E-state index contributed by atoms with van der Waals surface area (Å²) in [6.45, 7) is 5.35. The van der Waals surface area contributed by atoms with Crippen molar-refractivity contribution >= 4 is 13.8 Å². The average Bonchev–Trinajstić information content (AvgIpc) is 2.86. The smallest absolute Gasteiger partial charge is 0.306 e. The molecule has 0 aliphatic heterocycles. The molecule has 2 atom stereocenters. The Morgan fingerprint density at radius 3 is 1.69 bits per heavy atom. The topological polar surface area (TPSA) is 94.1 Å². The predicted molar refractivity (Wildman–Crippen MR) is 158 cm³/mol. The summed E-state index contributed by atoms with van der Waals surface area (Å²) in [7, 11) is 1.36. The van der Waals surface area contributed by atoms with Gasteiger partial charge in [0.1, 0.15) is 19.3 Å². The normalized spacial score (nSPS) is 14.3. The number of hydrogen-bond donors (Lipinski definition) is 0. The van der Waals surface area contributed by atoms with Crippen molar-refractivity contribution < 1.29 is 37.3 Å². The molecule has 0 spiro atoms. The molecular formula is C30H62NO7P. The van der Waals surface area contributed by atoms with Gasteiger partial charge in [-0.05, 0) is 12.8 Å². The van der Waals surface area contributed by atoms with Gasteiger partial charge in [0.15, 0.2) is 0 Å². The molecular weight excluding hydrogens is 517 g/mol. The third-order valence-electron chi connectivity index (χ3n) is 6.66. The summed E-state index contributed by atoms with van der Waals surface area (Å²) in [6, 6.07) is 0. The molecule has 234 valence electrons. The fourth-order valence-corrected chi connectivity index (χ4v) is 4.86. The number of hydrogen-bond acceptors (Lipinski definition) is 7. The standard InChI is InChI=1S/C30H62NO7P/c1-6-8-10-12-14-15-16-17-19-21-23-30(32)38-29(27-35-25-22-20-18-13-11-9-7-2)28-37-39(33,34)36-26-24-31(3,4)5/h29H,6-28H2,1-5H3. The monoisotopic (exact) mass is 579 g/mol. The van der Waals surface area contributed by atoms with Crippen molar-refractivity contribution in [2.24, 2.45) is 0 Å². The zero-order valence-electron chi connectivity index (χ0n) is 26.1. The SMILES string of the molecule is CCCCCCCCCCCCC(=O)OC(COCCCCCCCCC)COP(=O)([O-])OCC[N+](C)(C)C. The van der Waals surface area contributed by atoms with E-state index in [9.17, 15) is 14.3 Å². The summed E-state index contributed by atoms with van der Waals surface area (Å²) in [5.41, 5.74) is 0. The van der Waals surface area contributed by atoms with Gasteiger partial charge in [0, 0.05) is 13.0 Å². The fourth-order valence-electron chi connectivity index (χ4n) is 4.13. The van der Waals surface area contributed by atoms with Gasteiger partial charge in [-0.25, -0.2) is 0 Å². The molecule has 0 heterocycles. The highest BCUT2D eigenvalue weighted by Crippen LogP contribution is 2.38. The van der Waals surface area contributed by atoms with Crippen molar-refractivity contribution in [1.82, 2.24) is 0 Å². The second-order valence-electron chi connectivity index (χ2n) is 11.8. The summed E-state index contributed by atoms with van der Waals surface area (Å²) in [6.07, 6.45) is 19.7. The van der Waals surface area contributed by atoms with Crippen molar-refractivity contribution in [3.8, 4) is 0 Å². The molecule has 0 aliphatic carbocycles. The van der Waals surface area contributed by atoms with Crippen molar-refractivity contribution in [3.63, 3.8) is 0 Å². The Bertz CT molecular complexity index is 613. The van der Waals surface area contributed by atoms with E-state index in [1.807, 2.05) is 21.1 Å². The van der Waals surface area contributed by atoms with E-state index in [2.05, 4.69) is 13.8 Å². The lowest BCUT2D eigenvalue weighted by Crippen LogP contribution is -2.37. The lowest BCUT2D eigenvalue weighted by Gasteiger charge is -2.28. The third-order valence-corrected chi connectivity index (χ3v) is 7.62. The molecule has 0 bridgehead atoms. The molecule has 0 rings (SSSR count). The molecule has 0 aromatic heterocycles. The highest BCUT2D eigenvalue weighted by molar-refractivity contribution is 7.45. The highest BCUT2D eigenvalue weighted by Gasteiger charge is 2.20. The van der Waals surface area contributed by atoms with E-state index in [0.29, 0.717) is 24.1 Å². The van der Waals surface area contributed by atoms with E-state index in [-0.39, 0.29) is 25.8 Å². The highest BCUT2D eigenvalue weighted by atomic mass is 31.2. The van der Waals surface area contributed by atoms with E-state index in [0.717, 1.165) is 32.1 Å². The second kappa shape index (κ2) is 25.2. The molecule has 0 fully saturated rings. The number of phosphoric acid groups is 1. The van der Waals surface area contributed by atoms with Gasteiger partial charge in [-0.1, -0.05) is 110 Å². The van der Waals surface area contributed by atoms with Gasteiger partial charge in [0.2, 0.25) is 0 Å². The minimum absolute atomic E-state index is 0.0300. The summed E-state index contributed by atoms with van der Waals surface area (Å²) in [5, 5.41) is 0. The first-order valence-corrected chi connectivity index (χ1v) is 17.2. The summed E-state index contributed by atoms with van der Waals surface area (Å²) in [5.74, 6) is -0.339. The minimum atomic E-state index is -4.49. The first kappa shape index (κ1) is 38.5. The van der Waals surface area contributed by atoms with Crippen LogP contribution in [-0.4, -0.2) is 70.7 Å². The molecule has 0 aromatic rings. The quantitative estimate of drug-likeness (QED) is 0.0401. The Morgan fingerprint density at radius 1 is 0.692 bits per heavy atom. The number of unbranched alkanes of at least 4 members (excludes halogenated alkanes) is 15. The van der Waals surface area contributed by atoms with Crippen LogP contribution >= 0.6 is 7.82 Å². The van der Waals surface area contributed by atoms with Gasteiger partial charge in [-0.15, -0.1) is 0 Å². The molecule has 0 aromatic carbocycles. The number of nitrogens with zero attached hydrogens (tertiary/aromatic N) is 1. The van der Waals surface area contributed by atoms with E-state index in [1.165, 1.54) is 77.0 Å². The van der Waals surface area contributed by atoms with Crippen LogP contribution in [-0.2, 0) is 27.9 Å². The van der Waals surface area contributed by atoms with Gasteiger partial charge in [-0.3, -0.25) is 9.36 Å². The fraction of sp³-hybridized carbons (Fsp3) is 0.967.